The van der Waals surface area contributed by atoms with Gasteiger partial charge in [-0.25, -0.2) is 0 Å². The maximum Gasteiger partial charge on any atom is 0.167 e. The van der Waals surface area contributed by atoms with E-state index < -0.39 is 0 Å². The lowest BCUT2D eigenvalue weighted by Crippen LogP contribution is -2.54. The van der Waals surface area contributed by atoms with Crippen molar-refractivity contribution in [1.82, 2.24) is 4.90 Å². The van der Waals surface area contributed by atoms with Gasteiger partial charge in [-0.05, 0) is 76.4 Å². The van der Waals surface area contributed by atoms with Crippen molar-refractivity contribution in [2.24, 2.45) is 17.3 Å². The summed E-state index contributed by atoms with van der Waals surface area (Å²) in [7, 11) is 1.71. The topological polar surface area (TPSA) is 40.2 Å². The average molecular weight is 416 g/mol. The van der Waals surface area contributed by atoms with Crippen LogP contribution in [0.15, 0.2) is 18.2 Å². The molecule has 166 valence electrons. The number of fused-ring (bicyclic) bond motifs is 3. The van der Waals surface area contributed by atoms with Crippen molar-refractivity contribution in [1.29, 1.82) is 0 Å². The number of hydrogen-bond acceptors (Lipinski definition) is 5. The predicted octanol–water partition coefficient (Wildman–Crippen LogP) is 4.45. The van der Waals surface area contributed by atoms with Gasteiger partial charge in [-0.3, -0.25) is 0 Å². The largest absolute Gasteiger partial charge is 0.493 e. The summed E-state index contributed by atoms with van der Waals surface area (Å²) in [5.74, 6) is 2.86. The number of likely N-dealkylation sites (tertiary alicyclic amines) is 1. The maximum absolute atomic E-state index is 6.65. The first-order valence-electron chi connectivity index (χ1n) is 11.8. The minimum Gasteiger partial charge on any atom is -0.493 e. The summed E-state index contributed by atoms with van der Waals surface area (Å²) in [6, 6.07) is 6.19. The fourth-order valence-electron chi connectivity index (χ4n) is 6.15. The van der Waals surface area contributed by atoms with E-state index in [2.05, 4.69) is 30.9 Å². The van der Waals surface area contributed by atoms with Crippen molar-refractivity contribution in [2.75, 3.05) is 46.6 Å². The summed E-state index contributed by atoms with van der Waals surface area (Å²) in [6.07, 6.45) is 6.21. The molecule has 4 aliphatic rings. The minimum atomic E-state index is -0.265. The molecule has 4 aliphatic heterocycles. The van der Waals surface area contributed by atoms with Gasteiger partial charge >= 0.3 is 0 Å². The van der Waals surface area contributed by atoms with E-state index in [1.165, 1.54) is 51.7 Å². The second-order valence-electron chi connectivity index (χ2n) is 10.5. The van der Waals surface area contributed by atoms with Crippen LogP contribution in [0, 0.1) is 17.3 Å². The van der Waals surface area contributed by atoms with Gasteiger partial charge < -0.3 is 23.8 Å². The first-order valence-corrected chi connectivity index (χ1v) is 11.8. The van der Waals surface area contributed by atoms with E-state index >= 15 is 0 Å². The number of para-hydroxylation sites is 1. The number of piperidine rings is 1. The van der Waals surface area contributed by atoms with E-state index in [1.54, 1.807) is 7.11 Å². The highest BCUT2D eigenvalue weighted by atomic mass is 16.5. The molecule has 5 nitrogen and oxygen atoms in total. The molecule has 0 N–H and O–H groups in total. The quantitative estimate of drug-likeness (QED) is 0.729. The normalized spacial score (nSPS) is 30.9. The average Bonchev–Trinajstić information content (AvgIpc) is 2.76. The van der Waals surface area contributed by atoms with Gasteiger partial charge in [0.15, 0.2) is 11.5 Å². The molecular formula is C25H37NO4. The molecule has 0 amide bonds. The Labute approximate surface area is 181 Å². The van der Waals surface area contributed by atoms with E-state index in [-0.39, 0.29) is 11.7 Å². The Hall–Kier alpha value is -1.30. The van der Waals surface area contributed by atoms with Gasteiger partial charge in [0.25, 0.3) is 0 Å². The molecular weight excluding hydrogens is 378 g/mol. The number of benzene rings is 1. The molecule has 0 aromatic heterocycles. The van der Waals surface area contributed by atoms with Crippen molar-refractivity contribution >= 4 is 0 Å². The fraction of sp³-hybridized carbons (Fsp3) is 0.760. The molecule has 30 heavy (non-hydrogen) atoms. The summed E-state index contributed by atoms with van der Waals surface area (Å²) < 4.78 is 24.3. The predicted molar refractivity (Wildman–Crippen MR) is 116 cm³/mol. The first-order chi connectivity index (χ1) is 14.5. The second-order valence-corrected chi connectivity index (χ2v) is 10.5. The number of hydrogen-bond donors (Lipinski definition) is 0. The molecule has 0 aliphatic carbocycles. The van der Waals surface area contributed by atoms with Gasteiger partial charge in [0, 0.05) is 31.2 Å². The van der Waals surface area contributed by atoms with Crippen LogP contribution in [0.5, 0.6) is 11.5 Å². The zero-order valence-corrected chi connectivity index (χ0v) is 18.8. The number of rotatable bonds is 3. The van der Waals surface area contributed by atoms with Crippen molar-refractivity contribution in [3.05, 3.63) is 23.8 Å². The van der Waals surface area contributed by atoms with Gasteiger partial charge in [-0.15, -0.1) is 0 Å². The van der Waals surface area contributed by atoms with Crippen molar-refractivity contribution in [3.63, 3.8) is 0 Å². The monoisotopic (exact) mass is 415 g/mol. The third-order valence-corrected chi connectivity index (χ3v) is 8.16. The standard InChI is InChI=1S/C25H37NO4/c1-24(2)20-15-25(9-11-26(12-10-25)16-18-7-13-28-14-8-18)17-29-22(20)19-5-4-6-21(27-3)23(19)30-24/h4-6,18,20,22H,7-17H2,1-3H3/t20-,22+/m0/s1. The van der Waals surface area contributed by atoms with E-state index in [9.17, 15) is 0 Å². The summed E-state index contributed by atoms with van der Waals surface area (Å²) in [6.45, 7) is 10.8. The summed E-state index contributed by atoms with van der Waals surface area (Å²) in [5.41, 5.74) is 1.19. The Morgan fingerprint density at radius 3 is 2.63 bits per heavy atom. The van der Waals surface area contributed by atoms with Gasteiger partial charge in [0.05, 0.1) is 19.8 Å². The molecule has 5 heteroatoms. The van der Waals surface area contributed by atoms with Crippen LogP contribution in [0.25, 0.3) is 0 Å². The third-order valence-electron chi connectivity index (χ3n) is 8.16. The Morgan fingerprint density at radius 1 is 1.13 bits per heavy atom. The first kappa shape index (κ1) is 20.6. The molecule has 0 radical (unpaired) electrons. The number of nitrogens with zero attached hydrogens (tertiary/aromatic N) is 1. The van der Waals surface area contributed by atoms with Crippen LogP contribution < -0.4 is 9.47 Å². The molecule has 1 aromatic rings. The number of methoxy groups -OCH3 is 1. The van der Waals surface area contributed by atoms with Crippen LogP contribution in [0.2, 0.25) is 0 Å². The van der Waals surface area contributed by atoms with Crippen LogP contribution in [0.3, 0.4) is 0 Å². The molecule has 0 unspecified atom stereocenters. The minimum absolute atomic E-state index is 0.102. The Bertz CT molecular complexity index is 750. The molecule has 0 bridgehead atoms. The molecule has 1 spiro atoms. The highest BCUT2D eigenvalue weighted by Crippen LogP contribution is 2.57. The molecule has 5 rings (SSSR count). The van der Waals surface area contributed by atoms with Gasteiger partial charge in [-0.1, -0.05) is 12.1 Å². The molecule has 3 fully saturated rings. The summed E-state index contributed by atoms with van der Waals surface area (Å²) in [4.78, 5) is 2.69. The lowest BCUT2D eigenvalue weighted by molar-refractivity contribution is -0.175. The molecule has 3 saturated heterocycles. The third kappa shape index (κ3) is 3.74. The van der Waals surface area contributed by atoms with Gasteiger partial charge in [0.2, 0.25) is 0 Å². The van der Waals surface area contributed by atoms with Crippen LogP contribution in [0.1, 0.15) is 57.6 Å². The SMILES string of the molecule is COc1cccc2c1OC(C)(C)[C@H]1CC3(CCN(CC4CCOCC4)CC3)CO[C@H]21. The summed E-state index contributed by atoms with van der Waals surface area (Å²) in [5, 5.41) is 0. The van der Waals surface area contributed by atoms with E-state index in [1.807, 2.05) is 6.07 Å². The lowest BCUT2D eigenvalue weighted by atomic mass is 9.64. The maximum atomic E-state index is 6.65. The lowest BCUT2D eigenvalue weighted by Gasteiger charge is -2.54. The van der Waals surface area contributed by atoms with Crippen molar-refractivity contribution in [2.45, 2.75) is 57.7 Å². The number of ether oxygens (including phenoxy) is 4. The molecule has 1 aromatic carbocycles. The van der Waals surface area contributed by atoms with Crippen LogP contribution >= 0.6 is 0 Å². The van der Waals surface area contributed by atoms with Crippen molar-refractivity contribution in [3.8, 4) is 11.5 Å². The Balaban J connectivity index is 1.28. The highest BCUT2D eigenvalue weighted by molar-refractivity contribution is 5.50. The fourth-order valence-corrected chi connectivity index (χ4v) is 6.15. The Kier molecular flexibility index (Phi) is 5.49. The molecule has 0 saturated carbocycles. The molecule has 4 heterocycles. The van der Waals surface area contributed by atoms with E-state index in [4.69, 9.17) is 18.9 Å². The van der Waals surface area contributed by atoms with E-state index in [0.29, 0.717) is 11.3 Å². The zero-order chi connectivity index (χ0) is 20.8. The Morgan fingerprint density at radius 2 is 1.90 bits per heavy atom. The van der Waals surface area contributed by atoms with E-state index in [0.717, 1.165) is 42.8 Å². The highest BCUT2D eigenvalue weighted by Gasteiger charge is 2.53. The van der Waals surface area contributed by atoms with Gasteiger partial charge in [0.1, 0.15) is 5.60 Å². The van der Waals surface area contributed by atoms with Crippen LogP contribution in [0.4, 0.5) is 0 Å². The van der Waals surface area contributed by atoms with Gasteiger partial charge in [-0.2, -0.15) is 0 Å². The smallest absolute Gasteiger partial charge is 0.167 e. The van der Waals surface area contributed by atoms with Crippen LogP contribution in [-0.4, -0.2) is 57.1 Å². The van der Waals surface area contributed by atoms with Crippen LogP contribution in [-0.2, 0) is 9.47 Å². The zero-order valence-electron chi connectivity index (χ0n) is 18.8. The van der Waals surface area contributed by atoms with Crippen molar-refractivity contribution < 1.29 is 18.9 Å². The molecule has 2 atom stereocenters. The summed E-state index contributed by atoms with van der Waals surface area (Å²) >= 11 is 0. The second kappa shape index (κ2) is 7.99.